The smallest absolute Gasteiger partial charge is 0.113 e. The largest absolute Gasteiger partial charge is 0.355 e. The number of alkyl halides is 1. The molecular weight excluding hydrogens is 276 g/mol. The maximum atomic E-state index is 5.93. The third kappa shape index (κ3) is 5.51. The maximum absolute atomic E-state index is 5.93. The van der Waals surface area contributed by atoms with Crippen molar-refractivity contribution in [2.24, 2.45) is 0 Å². The molecule has 1 nitrogen and oxygen atoms in total. The molecule has 1 rings (SSSR count). The molecule has 0 spiro atoms. The first-order valence-corrected chi connectivity index (χ1v) is 7.16. The summed E-state index contributed by atoms with van der Waals surface area (Å²) in [6, 6.07) is 10.2. The van der Waals surface area contributed by atoms with Gasteiger partial charge in [-0.2, -0.15) is 0 Å². The van der Waals surface area contributed by atoms with Crippen molar-refractivity contribution in [2.45, 2.75) is 43.7 Å². The highest BCUT2D eigenvalue weighted by molar-refractivity contribution is 9.09. The Balaban J connectivity index is 2.44. The number of halogens is 1. The summed E-state index contributed by atoms with van der Waals surface area (Å²) in [5, 5.41) is 0.109. The fourth-order valence-electron chi connectivity index (χ4n) is 1.69. The van der Waals surface area contributed by atoms with Crippen LogP contribution in [0.15, 0.2) is 43.0 Å². The summed E-state index contributed by atoms with van der Waals surface area (Å²) in [4.78, 5) is 0. The second-order valence-electron chi connectivity index (χ2n) is 4.11. The van der Waals surface area contributed by atoms with Gasteiger partial charge in [-0.25, -0.2) is 0 Å². The minimum Gasteiger partial charge on any atom is -0.355 e. The van der Waals surface area contributed by atoms with E-state index in [9.17, 15) is 0 Å². The Morgan fingerprint density at radius 3 is 2.59 bits per heavy atom. The Kier molecular flexibility index (Phi) is 7.22. The van der Waals surface area contributed by atoms with E-state index in [-0.39, 0.29) is 11.1 Å². The van der Waals surface area contributed by atoms with Crippen LogP contribution in [0.3, 0.4) is 0 Å². The van der Waals surface area contributed by atoms with Gasteiger partial charge in [-0.15, -0.1) is 6.58 Å². The number of unbranched alkanes of at least 4 members (excludes halogenated alkanes) is 2. The van der Waals surface area contributed by atoms with Gasteiger partial charge in [0, 0.05) is 0 Å². The van der Waals surface area contributed by atoms with Gasteiger partial charge in [0.1, 0.15) is 11.1 Å². The molecular formula is C15H21BrO. The van der Waals surface area contributed by atoms with Gasteiger partial charge in [0.05, 0.1) is 0 Å². The van der Waals surface area contributed by atoms with Crippen molar-refractivity contribution in [1.82, 2.24) is 0 Å². The molecule has 17 heavy (non-hydrogen) atoms. The van der Waals surface area contributed by atoms with E-state index < -0.39 is 0 Å². The number of rotatable bonds is 8. The van der Waals surface area contributed by atoms with Crippen LogP contribution in [0.5, 0.6) is 0 Å². The van der Waals surface area contributed by atoms with Crippen LogP contribution in [-0.2, 0) is 4.74 Å². The summed E-state index contributed by atoms with van der Waals surface area (Å²) in [6.45, 7) is 6.05. The minimum atomic E-state index is -0.0257. The van der Waals surface area contributed by atoms with Gasteiger partial charge in [0.15, 0.2) is 0 Å². The number of hydrogen-bond donors (Lipinski definition) is 0. The molecule has 0 heterocycles. The Hall–Kier alpha value is -0.600. The molecule has 2 heteroatoms. The van der Waals surface area contributed by atoms with E-state index in [1.165, 1.54) is 19.3 Å². The summed E-state index contributed by atoms with van der Waals surface area (Å²) in [7, 11) is 0. The SMILES string of the molecule is C=CC(OC(Br)CCCCC)c1ccccc1. The fourth-order valence-corrected chi connectivity index (χ4v) is 2.25. The lowest BCUT2D eigenvalue weighted by Gasteiger charge is -2.18. The van der Waals surface area contributed by atoms with Crippen molar-refractivity contribution >= 4 is 15.9 Å². The lowest BCUT2D eigenvalue weighted by atomic mass is 10.1. The van der Waals surface area contributed by atoms with Gasteiger partial charge >= 0.3 is 0 Å². The molecule has 1 aromatic rings. The monoisotopic (exact) mass is 296 g/mol. The predicted molar refractivity (Wildman–Crippen MR) is 77.3 cm³/mol. The highest BCUT2D eigenvalue weighted by Gasteiger charge is 2.12. The summed E-state index contributed by atoms with van der Waals surface area (Å²) >= 11 is 3.58. The molecule has 0 radical (unpaired) electrons. The maximum Gasteiger partial charge on any atom is 0.113 e. The zero-order chi connectivity index (χ0) is 12.5. The average molecular weight is 297 g/mol. The van der Waals surface area contributed by atoms with Gasteiger partial charge in [-0.3, -0.25) is 0 Å². The van der Waals surface area contributed by atoms with Crippen LogP contribution in [0.25, 0.3) is 0 Å². The van der Waals surface area contributed by atoms with E-state index in [0.29, 0.717) is 0 Å². The van der Waals surface area contributed by atoms with Crippen LogP contribution in [0.1, 0.15) is 44.3 Å². The minimum absolute atomic E-state index is 0.0257. The second-order valence-corrected chi connectivity index (χ2v) is 5.13. The molecule has 0 saturated heterocycles. The molecule has 0 aromatic heterocycles. The average Bonchev–Trinajstić information content (AvgIpc) is 2.37. The molecule has 2 unspecified atom stereocenters. The molecule has 1 aromatic carbocycles. The lowest BCUT2D eigenvalue weighted by Crippen LogP contribution is -2.09. The third-order valence-electron chi connectivity index (χ3n) is 2.67. The lowest BCUT2D eigenvalue weighted by molar-refractivity contribution is 0.0637. The zero-order valence-corrected chi connectivity index (χ0v) is 12.0. The molecule has 0 aliphatic carbocycles. The summed E-state index contributed by atoms with van der Waals surface area (Å²) in [5.74, 6) is 0. The number of hydrogen-bond acceptors (Lipinski definition) is 1. The quantitative estimate of drug-likeness (QED) is 0.362. The summed E-state index contributed by atoms with van der Waals surface area (Å²) < 4.78 is 5.93. The van der Waals surface area contributed by atoms with Crippen molar-refractivity contribution in [3.8, 4) is 0 Å². The van der Waals surface area contributed by atoms with Gasteiger partial charge in [0.25, 0.3) is 0 Å². The van der Waals surface area contributed by atoms with Crippen LogP contribution >= 0.6 is 15.9 Å². The fraction of sp³-hybridized carbons (Fsp3) is 0.467. The van der Waals surface area contributed by atoms with E-state index >= 15 is 0 Å². The molecule has 0 fully saturated rings. The molecule has 0 amide bonds. The van der Waals surface area contributed by atoms with Crippen LogP contribution < -0.4 is 0 Å². The van der Waals surface area contributed by atoms with Gasteiger partial charge in [-0.05, 0) is 18.4 Å². The van der Waals surface area contributed by atoms with Crippen molar-refractivity contribution < 1.29 is 4.74 Å². The molecule has 94 valence electrons. The van der Waals surface area contributed by atoms with Crippen LogP contribution in [-0.4, -0.2) is 5.01 Å². The van der Waals surface area contributed by atoms with E-state index in [2.05, 4.69) is 41.6 Å². The van der Waals surface area contributed by atoms with E-state index in [1.54, 1.807) is 0 Å². The van der Waals surface area contributed by atoms with E-state index in [1.807, 2.05) is 24.3 Å². The van der Waals surface area contributed by atoms with E-state index in [4.69, 9.17) is 4.74 Å². The van der Waals surface area contributed by atoms with Crippen LogP contribution in [0.4, 0.5) is 0 Å². The highest BCUT2D eigenvalue weighted by atomic mass is 79.9. The molecule has 0 N–H and O–H groups in total. The third-order valence-corrected chi connectivity index (χ3v) is 3.34. The Bertz CT molecular complexity index is 310. The first-order chi connectivity index (χ1) is 8.27. The van der Waals surface area contributed by atoms with Crippen molar-refractivity contribution in [1.29, 1.82) is 0 Å². The standard InChI is InChI=1S/C15H21BrO/c1-3-5-7-12-15(16)17-14(4-2)13-10-8-6-9-11-13/h4,6,8-11,14-15H,2-3,5,7,12H2,1H3. The molecule has 0 saturated carbocycles. The topological polar surface area (TPSA) is 9.23 Å². The first-order valence-electron chi connectivity index (χ1n) is 6.25. The molecule has 0 aliphatic rings. The van der Waals surface area contributed by atoms with Gasteiger partial charge in [0.2, 0.25) is 0 Å². The van der Waals surface area contributed by atoms with Gasteiger partial charge in [-0.1, -0.05) is 72.1 Å². The second kappa shape index (κ2) is 8.48. The predicted octanol–water partition coefficient (Wildman–Crippen LogP) is 5.23. The molecule has 0 aliphatic heterocycles. The van der Waals surface area contributed by atoms with Crippen molar-refractivity contribution in [3.05, 3.63) is 48.6 Å². The van der Waals surface area contributed by atoms with E-state index in [0.717, 1.165) is 12.0 Å². The Morgan fingerprint density at radius 1 is 1.29 bits per heavy atom. The molecule has 0 bridgehead atoms. The number of ether oxygens (including phenoxy) is 1. The zero-order valence-electron chi connectivity index (χ0n) is 10.4. The summed E-state index contributed by atoms with van der Waals surface area (Å²) in [6.07, 6.45) is 6.57. The highest BCUT2D eigenvalue weighted by Crippen LogP contribution is 2.24. The van der Waals surface area contributed by atoms with Gasteiger partial charge < -0.3 is 4.74 Å². The van der Waals surface area contributed by atoms with Crippen molar-refractivity contribution in [2.75, 3.05) is 0 Å². The van der Waals surface area contributed by atoms with Crippen LogP contribution in [0, 0.1) is 0 Å². The Morgan fingerprint density at radius 2 is 2.00 bits per heavy atom. The van der Waals surface area contributed by atoms with Crippen molar-refractivity contribution in [3.63, 3.8) is 0 Å². The molecule has 2 atom stereocenters. The number of benzene rings is 1. The normalized spacial score (nSPS) is 14.2. The first kappa shape index (κ1) is 14.5. The van der Waals surface area contributed by atoms with Crippen LogP contribution in [0.2, 0.25) is 0 Å². The summed E-state index contributed by atoms with van der Waals surface area (Å²) in [5.41, 5.74) is 1.16. The Labute approximate surface area is 113 Å².